The lowest BCUT2D eigenvalue weighted by Gasteiger charge is -2.43. The van der Waals surface area contributed by atoms with E-state index in [1.165, 1.54) is 21.5 Å². The normalized spacial score (nSPS) is 29.3. The maximum Gasteiger partial charge on any atom is 0.251 e. The maximum atomic E-state index is 13.6. The number of hydrogen-bond donors (Lipinski definition) is 1. The van der Waals surface area contributed by atoms with Crippen molar-refractivity contribution in [2.45, 2.75) is 51.0 Å². The topological polar surface area (TPSA) is 93.5 Å². The lowest BCUT2D eigenvalue weighted by molar-refractivity contribution is 0.0728. The highest BCUT2D eigenvalue weighted by Crippen LogP contribution is 2.62. The van der Waals surface area contributed by atoms with Gasteiger partial charge in [-0.05, 0) is 60.3 Å². The van der Waals surface area contributed by atoms with Crippen LogP contribution in [0.15, 0.2) is 41.6 Å². The second-order valence-electron chi connectivity index (χ2n) is 10.5. The Bertz CT molecular complexity index is 1150. The van der Waals surface area contributed by atoms with E-state index in [9.17, 15) is 13.2 Å². The lowest BCUT2D eigenvalue weighted by Crippen LogP contribution is -2.52. The molecule has 2 saturated carbocycles. The zero-order valence-corrected chi connectivity index (χ0v) is 20.3. The van der Waals surface area contributed by atoms with Crippen molar-refractivity contribution in [2.75, 3.05) is 26.3 Å². The largest absolute Gasteiger partial charge is 0.379 e. The summed E-state index contributed by atoms with van der Waals surface area (Å²) < 4.78 is 35.4. The van der Waals surface area contributed by atoms with Crippen molar-refractivity contribution >= 4 is 15.9 Å². The molecule has 1 N–H and O–H groups in total. The number of nitrogens with one attached hydrogen (secondary N) is 1. The van der Waals surface area contributed by atoms with Crippen molar-refractivity contribution in [3.05, 3.63) is 42.2 Å². The number of ether oxygens (including phenoxy) is 1. The van der Waals surface area contributed by atoms with Gasteiger partial charge in [-0.3, -0.25) is 4.79 Å². The van der Waals surface area contributed by atoms with Gasteiger partial charge in [0.1, 0.15) is 4.90 Å². The number of fused-ring (bicyclic) bond motifs is 2. The number of carbonyl (C=O) groups is 1. The first-order valence-corrected chi connectivity index (χ1v) is 13.1. The predicted octanol–water partition coefficient (Wildman–Crippen LogP) is 2.84. The van der Waals surface area contributed by atoms with Crippen molar-refractivity contribution < 1.29 is 17.9 Å². The van der Waals surface area contributed by atoms with Gasteiger partial charge in [0.15, 0.2) is 0 Å². The minimum Gasteiger partial charge on any atom is -0.379 e. The zero-order chi connectivity index (χ0) is 23.4. The van der Waals surface area contributed by atoms with Gasteiger partial charge >= 0.3 is 0 Å². The quantitative estimate of drug-likeness (QED) is 0.722. The van der Waals surface area contributed by atoms with Crippen LogP contribution in [0, 0.1) is 16.7 Å². The standard InChI is InChI=1S/C24H32N4O4S/c1-23(2)18-7-8-24(3,16-18)22(23)26-21(29)17-5-6-19(28-10-4-9-25-28)20(15-17)33(30,31)27-11-13-32-14-12-27/h4-6,9-10,15,18,22H,7-8,11-14,16H2,1-3H3,(H,26,29)/t18-,22?,24-/m0/s1. The van der Waals surface area contributed by atoms with Crippen LogP contribution in [0.2, 0.25) is 0 Å². The Morgan fingerprint density at radius 3 is 2.61 bits per heavy atom. The molecule has 5 rings (SSSR count). The molecule has 8 nitrogen and oxygen atoms in total. The number of morpholine rings is 1. The molecule has 3 fully saturated rings. The van der Waals surface area contributed by atoms with Crippen LogP contribution in [0.4, 0.5) is 0 Å². The van der Waals surface area contributed by atoms with Crippen molar-refractivity contribution in [1.29, 1.82) is 0 Å². The first-order chi connectivity index (χ1) is 15.6. The van der Waals surface area contributed by atoms with E-state index in [0.29, 0.717) is 30.4 Å². The highest BCUT2D eigenvalue weighted by Gasteiger charge is 2.59. The number of sulfonamides is 1. The number of nitrogens with zero attached hydrogens (tertiary/aromatic N) is 3. The molecule has 0 spiro atoms. The molecule has 1 saturated heterocycles. The zero-order valence-electron chi connectivity index (χ0n) is 19.5. The predicted molar refractivity (Wildman–Crippen MR) is 124 cm³/mol. The van der Waals surface area contributed by atoms with Gasteiger partial charge in [0.25, 0.3) is 5.91 Å². The summed E-state index contributed by atoms with van der Waals surface area (Å²) in [4.78, 5) is 13.5. The minimum atomic E-state index is -3.83. The molecule has 2 heterocycles. The van der Waals surface area contributed by atoms with Crippen LogP contribution in [-0.4, -0.2) is 60.8 Å². The summed E-state index contributed by atoms with van der Waals surface area (Å²) in [6, 6.07) is 6.65. The Morgan fingerprint density at radius 1 is 1.21 bits per heavy atom. The SMILES string of the molecule is CC1(C)C(NC(=O)c2ccc(-n3cccn3)c(S(=O)(=O)N3CCOCC3)c2)[C@@]2(C)CC[C@H]1C2. The molecule has 1 aromatic carbocycles. The van der Waals surface area contributed by atoms with E-state index in [1.54, 1.807) is 30.6 Å². The average Bonchev–Trinajstić information content (AvgIpc) is 3.51. The number of benzene rings is 1. The van der Waals surface area contributed by atoms with Crippen molar-refractivity contribution in [3.63, 3.8) is 0 Å². The van der Waals surface area contributed by atoms with Crippen molar-refractivity contribution in [2.24, 2.45) is 16.7 Å². The maximum absolute atomic E-state index is 13.6. The van der Waals surface area contributed by atoms with E-state index in [1.807, 2.05) is 0 Å². The van der Waals surface area contributed by atoms with Crippen LogP contribution in [0.25, 0.3) is 5.69 Å². The Balaban J connectivity index is 1.50. The summed E-state index contributed by atoms with van der Waals surface area (Å²) in [5.41, 5.74) is 0.872. The summed E-state index contributed by atoms with van der Waals surface area (Å²) in [5, 5.41) is 7.51. The van der Waals surface area contributed by atoms with Gasteiger partial charge in [-0.25, -0.2) is 13.1 Å². The van der Waals surface area contributed by atoms with Gasteiger partial charge in [-0.15, -0.1) is 0 Å². The van der Waals surface area contributed by atoms with Crippen LogP contribution < -0.4 is 5.32 Å². The molecule has 2 aliphatic carbocycles. The van der Waals surface area contributed by atoms with E-state index < -0.39 is 10.0 Å². The van der Waals surface area contributed by atoms with Crippen LogP contribution >= 0.6 is 0 Å². The third kappa shape index (κ3) is 3.70. The summed E-state index contributed by atoms with van der Waals surface area (Å²) in [6.45, 7) is 8.02. The number of carbonyl (C=O) groups excluding carboxylic acids is 1. The summed E-state index contributed by atoms with van der Waals surface area (Å²) >= 11 is 0. The van der Waals surface area contributed by atoms with Gasteiger partial charge in [0, 0.05) is 37.1 Å². The second-order valence-corrected chi connectivity index (χ2v) is 12.4. The third-order valence-electron chi connectivity index (χ3n) is 8.11. The van der Waals surface area contributed by atoms with Crippen LogP contribution in [-0.2, 0) is 14.8 Å². The molecule has 1 unspecified atom stereocenters. The van der Waals surface area contributed by atoms with Gasteiger partial charge in [0.2, 0.25) is 10.0 Å². The molecule has 2 bridgehead atoms. The van der Waals surface area contributed by atoms with Crippen LogP contribution in [0.5, 0.6) is 0 Å². The lowest BCUT2D eigenvalue weighted by atomic mass is 9.68. The monoisotopic (exact) mass is 472 g/mol. The molecular weight excluding hydrogens is 440 g/mol. The van der Waals surface area contributed by atoms with Crippen molar-refractivity contribution in [1.82, 2.24) is 19.4 Å². The summed E-state index contributed by atoms with van der Waals surface area (Å²) in [7, 11) is -3.83. The Morgan fingerprint density at radius 2 is 1.97 bits per heavy atom. The molecule has 178 valence electrons. The Labute approximate surface area is 195 Å². The molecule has 2 aromatic rings. The molecule has 1 aromatic heterocycles. The van der Waals surface area contributed by atoms with Crippen LogP contribution in [0.3, 0.4) is 0 Å². The number of hydrogen-bond acceptors (Lipinski definition) is 5. The molecule has 33 heavy (non-hydrogen) atoms. The van der Waals surface area contributed by atoms with E-state index in [4.69, 9.17) is 4.74 Å². The van der Waals surface area contributed by atoms with Crippen LogP contribution in [0.1, 0.15) is 50.4 Å². The Kier molecular flexibility index (Phi) is 5.42. The molecule has 1 aliphatic heterocycles. The van der Waals surface area contributed by atoms with E-state index in [2.05, 4.69) is 31.2 Å². The van der Waals surface area contributed by atoms with E-state index in [0.717, 1.165) is 12.8 Å². The smallest absolute Gasteiger partial charge is 0.251 e. The molecule has 9 heteroatoms. The highest BCUT2D eigenvalue weighted by atomic mass is 32.2. The van der Waals surface area contributed by atoms with Gasteiger partial charge in [-0.2, -0.15) is 9.40 Å². The fourth-order valence-corrected chi connectivity index (χ4v) is 7.88. The van der Waals surface area contributed by atoms with Gasteiger partial charge in [-0.1, -0.05) is 20.8 Å². The third-order valence-corrected chi connectivity index (χ3v) is 10.0. The molecule has 3 aliphatic rings. The number of amides is 1. The molecule has 1 amide bonds. The first-order valence-electron chi connectivity index (χ1n) is 11.7. The Hall–Kier alpha value is -2.23. The summed E-state index contributed by atoms with van der Waals surface area (Å²) in [5.74, 6) is 0.375. The van der Waals surface area contributed by atoms with Gasteiger partial charge < -0.3 is 10.1 Å². The average molecular weight is 473 g/mol. The van der Waals surface area contributed by atoms with E-state index in [-0.39, 0.29) is 40.8 Å². The fourth-order valence-electron chi connectivity index (χ4n) is 6.27. The fraction of sp³-hybridized carbons (Fsp3) is 0.583. The second kappa shape index (κ2) is 7.92. The van der Waals surface area contributed by atoms with Gasteiger partial charge in [0.05, 0.1) is 18.9 Å². The number of aromatic nitrogens is 2. The summed E-state index contributed by atoms with van der Waals surface area (Å²) in [6.07, 6.45) is 6.74. The van der Waals surface area contributed by atoms with E-state index >= 15 is 0 Å². The first kappa shape index (κ1) is 22.6. The molecule has 0 radical (unpaired) electrons. The number of rotatable bonds is 5. The van der Waals surface area contributed by atoms with Crippen molar-refractivity contribution in [3.8, 4) is 5.69 Å². The molecular formula is C24H32N4O4S. The highest BCUT2D eigenvalue weighted by molar-refractivity contribution is 7.89. The molecule has 3 atom stereocenters. The minimum absolute atomic E-state index is 0.0143.